The number of hydrogen-bond donors (Lipinski definition) is 0. The van der Waals surface area contributed by atoms with E-state index < -0.39 is 0 Å². The van der Waals surface area contributed by atoms with Crippen molar-refractivity contribution in [3.05, 3.63) is 49.1 Å². The van der Waals surface area contributed by atoms with Gasteiger partial charge in [-0.25, -0.2) is 9.97 Å². The molecule has 0 radical (unpaired) electrons. The predicted molar refractivity (Wildman–Crippen MR) is 98.2 cm³/mol. The van der Waals surface area contributed by atoms with Crippen LogP contribution in [-0.4, -0.2) is 63.0 Å². The molecule has 27 heavy (non-hydrogen) atoms. The van der Waals surface area contributed by atoms with Gasteiger partial charge in [-0.05, 0) is 24.6 Å². The molecular weight excluding hydrogens is 346 g/mol. The zero-order valence-electron chi connectivity index (χ0n) is 14.9. The Morgan fingerprint density at radius 2 is 2.19 bits per heavy atom. The van der Waals surface area contributed by atoms with Crippen LogP contribution in [0, 0.1) is 0 Å². The minimum Gasteiger partial charge on any atom is -0.467 e. The highest BCUT2D eigenvalue weighted by molar-refractivity contribution is 5.84. The fourth-order valence-corrected chi connectivity index (χ4v) is 3.17. The summed E-state index contributed by atoms with van der Waals surface area (Å²) in [6.45, 7) is 2.37. The SMILES string of the molecule is O=C(COc1ncnc2ccccc12)N1CCCO[C@H](Cn2cccn2)C1. The van der Waals surface area contributed by atoms with Crippen LogP contribution < -0.4 is 4.74 Å². The second-order valence-corrected chi connectivity index (χ2v) is 6.40. The molecule has 1 atom stereocenters. The molecule has 8 heteroatoms. The van der Waals surface area contributed by atoms with Crippen molar-refractivity contribution in [2.24, 2.45) is 0 Å². The van der Waals surface area contributed by atoms with Crippen molar-refractivity contribution in [3.63, 3.8) is 0 Å². The van der Waals surface area contributed by atoms with Crippen LogP contribution in [0.1, 0.15) is 6.42 Å². The van der Waals surface area contributed by atoms with Gasteiger partial charge in [0, 0.05) is 32.1 Å². The highest BCUT2D eigenvalue weighted by Gasteiger charge is 2.23. The lowest BCUT2D eigenvalue weighted by Gasteiger charge is -2.24. The highest BCUT2D eigenvalue weighted by Crippen LogP contribution is 2.20. The van der Waals surface area contributed by atoms with E-state index in [1.165, 1.54) is 6.33 Å². The standard InChI is InChI=1S/C19H21N5O3/c25-18(13-27-19-16-5-1-2-6-17(16)20-14-21-19)23-8-4-10-26-15(11-23)12-24-9-3-7-22-24/h1-3,5-7,9,14-15H,4,8,10-13H2/t15-/m0/s1. The molecule has 3 heterocycles. The van der Waals surface area contributed by atoms with Crippen LogP contribution >= 0.6 is 0 Å². The minimum absolute atomic E-state index is 0.0600. The number of nitrogens with zero attached hydrogens (tertiary/aromatic N) is 5. The van der Waals surface area contributed by atoms with Gasteiger partial charge in [-0.2, -0.15) is 5.10 Å². The Bertz CT molecular complexity index is 894. The van der Waals surface area contributed by atoms with E-state index in [0.717, 1.165) is 17.3 Å². The summed E-state index contributed by atoms with van der Waals surface area (Å²) in [6, 6.07) is 9.44. The van der Waals surface area contributed by atoms with Crippen LogP contribution in [0.2, 0.25) is 0 Å². The normalized spacial score (nSPS) is 17.6. The first-order chi connectivity index (χ1) is 13.3. The molecule has 1 aliphatic heterocycles. The number of carbonyl (C=O) groups is 1. The van der Waals surface area contributed by atoms with E-state index in [1.807, 2.05) is 41.2 Å². The number of fused-ring (bicyclic) bond motifs is 1. The molecule has 0 aliphatic carbocycles. The molecule has 0 spiro atoms. The summed E-state index contributed by atoms with van der Waals surface area (Å²) in [5.74, 6) is 0.349. The van der Waals surface area contributed by atoms with Gasteiger partial charge in [0.15, 0.2) is 6.61 Å². The molecule has 140 valence electrons. The van der Waals surface area contributed by atoms with Gasteiger partial charge in [-0.3, -0.25) is 9.48 Å². The summed E-state index contributed by atoms with van der Waals surface area (Å²) in [7, 11) is 0. The van der Waals surface area contributed by atoms with Crippen LogP contribution in [0.25, 0.3) is 10.9 Å². The van der Waals surface area contributed by atoms with Gasteiger partial charge in [-0.1, -0.05) is 12.1 Å². The van der Waals surface area contributed by atoms with Crippen molar-refractivity contribution in [1.82, 2.24) is 24.6 Å². The first kappa shape index (κ1) is 17.4. The molecular formula is C19H21N5O3. The lowest BCUT2D eigenvalue weighted by molar-refractivity contribution is -0.134. The second-order valence-electron chi connectivity index (χ2n) is 6.40. The lowest BCUT2D eigenvalue weighted by Crippen LogP contribution is -2.41. The number of benzene rings is 1. The minimum atomic E-state index is -0.0868. The Kier molecular flexibility index (Phi) is 5.24. The van der Waals surface area contributed by atoms with E-state index in [1.54, 1.807) is 11.1 Å². The average molecular weight is 367 g/mol. The van der Waals surface area contributed by atoms with Gasteiger partial charge >= 0.3 is 0 Å². The monoisotopic (exact) mass is 367 g/mol. The van der Waals surface area contributed by atoms with Gasteiger partial charge in [0.1, 0.15) is 6.33 Å². The molecule has 3 aromatic rings. The number of carbonyl (C=O) groups excluding carboxylic acids is 1. The van der Waals surface area contributed by atoms with Crippen molar-refractivity contribution in [2.45, 2.75) is 19.1 Å². The van der Waals surface area contributed by atoms with Crippen LogP contribution in [-0.2, 0) is 16.1 Å². The third-order valence-corrected chi connectivity index (χ3v) is 4.49. The molecule has 1 aromatic carbocycles. The third-order valence-electron chi connectivity index (χ3n) is 4.49. The maximum absolute atomic E-state index is 12.7. The Hall–Kier alpha value is -3.00. The van der Waals surface area contributed by atoms with E-state index in [4.69, 9.17) is 9.47 Å². The largest absolute Gasteiger partial charge is 0.467 e. The Morgan fingerprint density at radius 1 is 1.26 bits per heavy atom. The fraction of sp³-hybridized carbons (Fsp3) is 0.368. The maximum Gasteiger partial charge on any atom is 0.260 e. The Labute approximate surface area is 156 Å². The van der Waals surface area contributed by atoms with Gasteiger partial charge in [0.2, 0.25) is 5.88 Å². The second kappa shape index (κ2) is 8.13. The van der Waals surface area contributed by atoms with E-state index in [-0.39, 0.29) is 18.6 Å². The Morgan fingerprint density at radius 3 is 3.07 bits per heavy atom. The van der Waals surface area contributed by atoms with Crippen LogP contribution in [0.5, 0.6) is 5.88 Å². The van der Waals surface area contributed by atoms with E-state index in [0.29, 0.717) is 32.1 Å². The van der Waals surface area contributed by atoms with Crippen LogP contribution in [0.15, 0.2) is 49.1 Å². The number of hydrogen-bond acceptors (Lipinski definition) is 6. The highest BCUT2D eigenvalue weighted by atomic mass is 16.5. The fourth-order valence-electron chi connectivity index (χ4n) is 3.17. The van der Waals surface area contributed by atoms with Gasteiger partial charge in [-0.15, -0.1) is 0 Å². The molecule has 0 bridgehead atoms. The number of rotatable bonds is 5. The molecule has 8 nitrogen and oxygen atoms in total. The number of para-hydroxylation sites is 1. The van der Waals surface area contributed by atoms with Gasteiger partial charge < -0.3 is 14.4 Å². The summed E-state index contributed by atoms with van der Waals surface area (Å²) in [6.07, 6.45) is 5.79. The van der Waals surface area contributed by atoms with Crippen molar-refractivity contribution >= 4 is 16.8 Å². The predicted octanol–water partition coefficient (Wildman–Crippen LogP) is 1.52. The first-order valence-electron chi connectivity index (χ1n) is 8.99. The number of amides is 1. The smallest absolute Gasteiger partial charge is 0.260 e. The summed E-state index contributed by atoms with van der Waals surface area (Å²) in [5.41, 5.74) is 0.789. The number of ether oxygens (including phenoxy) is 2. The van der Waals surface area contributed by atoms with Crippen molar-refractivity contribution in [3.8, 4) is 5.88 Å². The zero-order valence-corrected chi connectivity index (χ0v) is 14.9. The third kappa shape index (κ3) is 4.22. The summed E-state index contributed by atoms with van der Waals surface area (Å²) in [5, 5.41) is 5.01. The van der Waals surface area contributed by atoms with E-state index in [9.17, 15) is 4.79 Å². The van der Waals surface area contributed by atoms with Crippen molar-refractivity contribution in [2.75, 3.05) is 26.3 Å². The van der Waals surface area contributed by atoms with E-state index in [2.05, 4.69) is 15.1 Å². The van der Waals surface area contributed by atoms with E-state index >= 15 is 0 Å². The molecule has 1 saturated heterocycles. The molecule has 1 amide bonds. The zero-order chi connectivity index (χ0) is 18.5. The van der Waals surface area contributed by atoms with Gasteiger partial charge in [0.05, 0.1) is 23.6 Å². The molecule has 0 saturated carbocycles. The molecule has 1 fully saturated rings. The molecule has 0 N–H and O–H groups in total. The molecule has 0 unspecified atom stereocenters. The maximum atomic E-state index is 12.7. The number of aromatic nitrogens is 4. The van der Waals surface area contributed by atoms with Crippen LogP contribution in [0.4, 0.5) is 0 Å². The lowest BCUT2D eigenvalue weighted by atomic mass is 10.2. The summed E-state index contributed by atoms with van der Waals surface area (Å²) >= 11 is 0. The van der Waals surface area contributed by atoms with Crippen molar-refractivity contribution in [1.29, 1.82) is 0 Å². The van der Waals surface area contributed by atoms with Crippen LogP contribution in [0.3, 0.4) is 0 Å². The summed E-state index contributed by atoms with van der Waals surface area (Å²) in [4.78, 5) is 22.9. The topological polar surface area (TPSA) is 82.4 Å². The summed E-state index contributed by atoms with van der Waals surface area (Å²) < 4.78 is 13.4. The molecule has 1 aliphatic rings. The average Bonchev–Trinajstić information content (AvgIpc) is 3.10. The van der Waals surface area contributed by atoms with Crippen molar-refractivity contribution < 1.29 is 14.3 Å². The first-order valence-corrected chi connectivity index (χ1v) is 8.99. The molecule has 4 rings (SSSR count). The Balaban J connectivity index is 1.39. The quantitative estimate of drug-likeness (QED) is 0.680. The molecule has 2 aromatic heterocycles. The van der Waals surface area contributed by atoms with Gasteiger partial charge in [0.25, 0.3) is 5.91 Å².